The van der Waals surface area contributed by atoms with Crippen molar-refractivity contribution < 1.29 is 9.59 Å². The Morgan fingerprint density at radius 3 is 2.57 bits per heavy atom. The van der Waals surface area contributed by atoms with Gasteiger partial charge in [0.1, 0.15) is 0 Å². The molecular formula is C15H17N3O2S. The van der Waals surface area contributed by atoms with Crippen LogP contribution >= 0.6 is 11.3 Å². The van der Waals surface area contributed by atoms with Crippen LogP contribution in [-0.2, 0) is 11.3 Å². The molecule has 2 rings (SSSR count). The number of nitrogens with one attached hydrogen (secondary N) is 2. The third-order valence-electron chi connectivity index (χ3n) is 2.80. The Hall–Kier alpha value is -2.18. The van der Waals surface area contributed by atoms with Crippen LogP contribution in [0.3, 0.4) is 0 Å². The number of nitrogens with zero attached hydrogens (tertiary/aromatic N) is 1. The van der Waals surface area contributed by atoms with E-state index in [2.05, 4.69) is 10.9 Å². The SMILES string of the molecule is CN(CC(=O)NNC(=O)c1ccccc1)Cc1ccsc1. The van der Waals surface area contributed by atoms with Gasteiger partial charge in [-0.25, -0.2) is 0 Å². The first-order valence-corrected chi connectivity index (χ1v) is 7.43. The second-order valence-electron chi connectivity index (χ2n) is 4.67. The van der Waals surface area contributed by atoms with Crippen LogP contribution in [0.5, 0.6) is 0 Å². The highest BCUT2D eigenvalue weighted by Crippen LogP contribution is 2.07. The lowest BCUT2D eigenvalue weighted by molar-refractivity contribution is -0.122. The summed E-state index contributed by atoms with van der Waals surface area (Å²) >= 11 is 1.63. The quantitative estimate of drug-likeness (QED) is 0.826. The van der Waals surface area contributed by atoms with Gasteiger partial charge < -0.3 is 0 Å². The third-order valence-corrected chi connectivity index (χ3v) is 3.53. The minimum Gasteiger partial charge on any atom is -0.293 e. The predicted octanol–water partition coefficient (Wildman–Crippen LogP) is 1.64. The van der Waals surface area contributed by atoms with Gasteiger partial charge in [0.15, 0.2) is 0 Å². The summed E-state index contributed by atoms with van der Waals surface area (Å²) in [6.07, 6.45) is 0. The van der Waals surface area contributed by atoms with E-state index in [4.69, 9.17) is 0 Å². The molecule has 5 nitrogen and oxygen atoms in total. The van der Waals surface area contributed by atoms with Gasteiger partial charge in [0.05, 0.1) is 6.54 Å². The molecule has 0 spiro atoms. The molecule has 0 fully saturated rings. The van der Waals surface area contributed by atoms with Gasteiger partial charge in [0, 0.05) is 12.1 Å². The van der Waals surface area contributed by atoms with Crippen LogP contribution in [-0.4, -0.2) is 30.3 Å². The number of amides is 2. The van der Waals surface area contributed by atoms with Crippen molar-refractivity contribution >= 4 is 23.2 Å². The summed E-state index contributed by atoms with van der Waals surface area (Å²) in [6, 6.07) is 10.8. The molecule has 1 aromatic heterocycles. The Morgan fingerprint density at radius 2 is 1.90 bits per heavy atom. The molecule has 0 aliphatic carbocycles. The van der Waals surface area contributed by atoms with E-state index in [1.54, 1.807) is 35.6 Å². The fourth-order valence-electron chi connectivity index (χ4n) is 1.82. The average molecular weight is 303 g/mol. The first kappa shape index (κ1) is 15.2. The lowest BCUT2D eigenvalue weighted by Gasteiger charge is -2.15. The monoisotopic (exact) mass is 303 g/mol. The molecule has 110 valence electrons. The number of carbonyl (C=O) groups is 2. The molecule has 0 saturated carbocycles. The van der Waals surface area contributed by atoms with E-state index in [1.165, 1.54) is 5.56 Å². The molecule has 2 aromatic rings. The van der Waals surface area contributed by atoms with Gasteiger partial charge in [-0.05, 0) is 41.6 Å². The molecule has 0 unspecified atom stereocenters. The number of hydrogen-bond acceptors (Lipinski definition) is 4. The molecule has 21 heavy (non-hydrogen) atoms. The molecule has 0 atom stereocenters. The molecular weight excluding hydrogens is 286 g/mol. The minimum atomic E-state index is -0.329. The van der Waals surface area contributed by atoms with Crippen LogP contribution in [0.15, 0.2) is 47.2 Å². The van der Waals surface area contributed by atoms with E-state index in [9.17, 15) is 9.59 Å². The van der Waals surface area contributed by atoms with Gasteiger partial charge in [0.25, 0.3) is 11.8 Å². The number of benzene rings is 1. The Bertz CT molecular complexity index is 584. The number of rotatable bonds is 5. The van der Waals surface area contributed by atoms with Crippen molar-refractivity contribution in [3.8, 4) is 0 Å². The van der Waals surface area contributed by atoms with Crippen LogP contribution in [0.4, 0.5) is 0 Å². The van der Waals surface area contributed by atoms with Gasteiger partial charge in [-0.1, -0.05) is 18.2 Å². The second kappa shape index (κ2) is 7.56. The molecule has 0 bridgehead atoms. The highest BCUT2D eigenvalue weighted by molar-refractivity contribution is 7.07. The van der Waals surface area contributed by atoms with E-state index < -0.39 is 0 Å². The Morgan fingerprint density at radius 1 is 1.14 bits per heavy atom. The van der Waals surface area contributed by atoms with Gasteiger partial charge in [-0.15, -0.1) is 0 Å². The fraction of sp³-hybridized carbons (Fsp3) is 0.200. The number of carbonyl (C=O) groups excluding carboxylic acids is 2. The fourth-order valence-corrected chi connectivity index (χ4v) is 2.48. The summed E-state index contributed by atoms with van der Waals surface area (Å²) < 4.78 is 0. The van der Waals surface area contributed by atoms with Gasteiger partial charge in [-0.3, -0.25) is 25.3 Å². The minimum absolute atomic E-state index is 0.213. The van der Waals surface area contributed by atoms with Gasteiger partial charge in [-0.2, -0.15) is 11.3 Å². The first-order valence-electron chi connectivity index (χ1n) is 6.49. The van der Waals surface area contributed by atoms with Crippen molar-refractivity contribution in [3.05, 3.63) is 58.3 Å². The Kier molecular flexibility index (Phi) is 5.48. The van der Waals surface area contributed by atoms with Crippen molar-refractivity contribution in [2.75, 3.05) is 13.6 Å². The standard InChI is InChI=1S/C15H17N3O2S/c1-18(9-12-7-8-21-11-12)10-14(19)16-17-15(20)13-5-3-2-4-6-13/h2-8,11H,9-10H2,1H3,(H,16,19)(H,17,20). The predicted molar refractivity (Wildman–Crippen MR) is 82.7 cm³/mol. The lowest BCUT2D eigenvalue weighted by atomic mass is 10.2. The zero-order valence-corrected chi connectivity index (χ0v) is 12.5. The molecule has 0 radical (unpaired) electrons. The summed E-state index contributed by atoms with van der Waals surface area (Å²) in [5.41, 5.74) is 6.49. The molecule has 0 aliphatic heterocycles. The smallest absolute Gasteiger partial charge is 0.269 e. The number of hydrazine groups is 1. The summed E-state index contributed by atoms with van der Waals surface area (Å²) in [5.74, 6) is -0.582. The largest absolute Gasteiger partial charge is 0.293 e. The van der Waals surface area contributed by atoms with Crippen molar-refractivity contribution in [3.63, 3.8) is 0 Å². The summed E-state index contributed by atoms with van der Waals surface area (Å²) in [7, 11) is 1.86. The molecule has 6 heteroatoms. The maximum absolute atomic E-state index is 11.8. The van der Waals surface area contributed by atoms with Crippen LogP contribution in [0, 0.1) is 0 Å². The van der Waals surface area contributed by atoms with Crippen molar-refractivity contribution in [2.45, 2.75) is 6.54 Å². The lowest BCUT2D eigenvalue weighted by Crippen LogP contribution is -2.45. The highest BCUT2D eigenvalue weighted by Gasteiger charge is 2.09. The number of likely N-dealkylation sites (N-methyl/N-ethyl adjacent to an activating group) is 1. The molecule has 2 N–H and O–H groups in total. The first-order chi connectivity index (χ1) is 10.1. The van der Waals surface area contributed by atoms with E-state index >= 15 is 0 Å². The molecule has 0 saturated heterocycles. The zero-order chi connectivity index (χ0) is 15.1. The van der Waals surface area contributed by atoms with Crippen LogP contribution < -0.4 is 10.9 Å². The molecule has 0 aliphatic rings. The van der Waals surface area contributed by atoms with Crippen molar-refractivity contribution in [1.29, 1.82) is 0 Å². The zero-order valence-electron chi connectivity index (χ0n) is 11.7. The van der Waals surface area contributed by atoms with Crippen molar-refractivity contribution in [2.24, 2.45) is 0 Å². The summed E-state index contributed by atoms with van der Waals surface area (Å²) in [6.45, 7) is 0.911. The van der Waals surface area contributed by atoms with Crippen LogP contribution in [0.2, 0.25) is 0 Å². The summed E-state index contributed by atoms with van der Waals surface area (Å²) in [5, 5.41) is 4.05. The highest BCUT2D eigenvalue weighted by atomic mass is 32.1. The third kappa shape index (κ3) is 5.02. The van der Waals surface area contributed by atoms with E-state index in [0.717, 1.165) is 0 Å². The normalized spacial score (nSPS) is 10.4. The van der Waals surface area contributed by atoms with Crippen molar-refractivity contribution in [1.82, 2.24) is 15.8 Å². The molecule has 1 heterocycles. The molecule has 2 amide bonds. The number of hydrogen-bond donors (Lipinski definition) is 2. The van der Waals surface area contributed by atoms with Crippen LogP contribution in [0.1, 0.15) is 15.9 Å². The summed E-state index contributed by atoms with van der Waals surface area (Å²) in [4.78, 5) is 25.4. The number of thiophene rings is 1. The maximum Gasteiger partial charge on any atom is 0.269 e. The van der Waals surface area contributed by atoms with Crippen LogP contribution in [0.25, 0.3) is 0 Å². The van der Waals surface area contributed by atoms with E-state index in [-0.39, 0.29) is 18.4 Å². The molecule has 1 aromatic carbocycles. The topological polar surface area (TPSA) is 61.4 Å². The second-order valence-corrected chi connectivity index (χ2v) is 5.45. The Labute approximate surface area is 127 Å². The van der Waals surface area contributed by atoms with E-state index in [1.807, 2.05) is 34.8 Å². The van der Waals surface area contributed by atoms with E-state index in [0.29, 0.717) is 12.1 Å². The maximum atomic E-state index is 11.8. The Balaban J connectivity index is 1.73. The van der Waals surface area contributed by atoms with Gasteiger partial charge in [0.2, 0.25) is 0 Å². The van der Waals surface area contributed by atoms with Gasteiger partial charge >= 0.3 is 0 Å². The average Bonchev–Trinajstić information content (AvgIpc) is 2.98.